The number of rotatable bonds is 5. The zero-order chi connectivity index (χ0) is 14.9. The van der Waals surface area contributed by atoms with E-state index in [1.807, 2.05) is 13.0 Å². The molecule has 0 radical (unpaired) electrons. The van der Waals surface area contributed by atoms with Gasteiger partial charge in [-0.1, -0.05) is 13.3 Å². The van der Waals surface area contributed by atoms with Crippen LogP contribution in [0.25, 0.3) is 10.2 Å². The van der Waals surface area contributed by atoms with Crippen LogP contribution in [-0.4, -0.2) is 32.2 Å². The zero-order valence-corrected chi connectivity index (χ0v) is 13.8. The lowest BCUT2D eigenvalue weighted by Crippen LogP contribution is -2.17. The zero-order valence-electron chi connectivity index (χ0n) is 12.2. The predicted octanol–water partition coefficient (Wildman–Crippen LogP) is 3.47. The lowest BCUT2D eigenvalue weighted by atomic mass is 10.3. The molecule has 6 heteroatoms. The van der Waals surface area contributed by atoms with Crippen molar-refractivity contribution >= 4 is 37.1 Å². The van der Waals surface area contributed by atoms with Gasteiger partial charge in [0.2, 0.25) is 14.2 Å². The highest BCUT2D eigenvalue weighted by atomic mass is 32.2. The van der Waals surface area contributed by atoms with Gasteiger partial charge in [0.25, 0.3) is 0 Å². The second-order valence-corrected chi connectivity index (χ2v) is 8.81. The third kappa shape index (κ3) is 3.06. The summed E-state index contributed by atoms with van der Waals surface area (Å²) < 4.78 is 25.7. The maximum atomic E-state index is 12.2. The van der Waals surface area contributed by atoms with E-state index in [1.54, 1.807) is 0 Å². The Labute approximate surface area is 129 Å². The van der Waals surface area contributed by atoms with Crippen molar-refractivity contribution in [2.24, 2.45) is 0 Å². The summed E-state index contributed by atoms with van der Waals surface area (Å²) >= 11 is 1.30. The summed E-state index contributed by atoms with van der Waals surface area (Å²) in [5, 5.41) is 0. The van der Waals surface area contributed by atoms with Crippen LogP contribution >= 0.6 is 11.3 Å². The molecule has 0 N–H and O–H groups in total. The summed E-state index contributed by atoms with van der Waals surface area (Å²) in [5.41, 5.74) is 1.97. The molecule has 2 heterocycles. The van der Waals surface area contributed by atoms with Crippen molar-refractivity contribution in [1.29, 1.82) is 0 Å². The van der Waals surface area contributed by atoms with Crippen LogP contribution in [0, 0.1) is 0 Å². The van der Waals surface area contributed by atoms with Crippen molar-refractivity contribution in [2.75, 3.05) is 23.7 Å². The van der Waals surface area contributed by atoms with E-state index in [-0.39, 0.29) is 10.1 Å². The van der Waals surface area contributed by atoms with E-state index < -0.39 is 9.84 Å². The first-order valence-electron chi connectivity index (χ1n) is 7.48. The molecule has 0 spiro atoms. The number of nitrogens with zero attached hydrogens (tertiary/aromatic N) is 2. The van der Waals surface area contributed by atoms with E-state index in [2.05, 4.69) is 22.0 Å². The molecular weight excluding hydrogens is 304 g/mol. The Hall–Kier alpha value is -1.14. The molecule has 4 nitrogen and oxygen atoms in total. The highest BCUT2D eigenvalue weighted by Gasteiger charge is 2.20. The predicted molar refractivity (Wildman–Crippen MR) is 88.0 cm³/mol. The normalized spacial score (nSPS) is 16.0. The van der Waals surface area contributed by atoms with Crippen LogP contribution in [0.2, 0.25) is 0 Å². The molecule has 2 aromatic rings. The number of aromatic nitrogens is 1. The second kappa shape index (κ2) is 5.93. The lowest BCUT2D eigenvalue weighted by molar-refractivity contribution is 0.592. The summed E-state index contributed by atoms with van der Waals surface area (Å²) in [6.07, 6.45) is 4.04. The molecule has 0 amide bonds. The van der Waals surface area contributed by atoms with E-state index in [9.17, 15) is 8.42 Å². The Balaban J connectivity index is 1.93. The SMILES string of the molecule is CCCCS(=O)(=O)c1nc2ccc(N3CCCC3)cc2s1. The largest absolute Gasteiger partial charge is 0.371 e. The van der Waals surface area contributed by atoms with Crippen LogP contribution in [0.15, 0.2) is 22.5 Å². The fourth-order valence-corrected chi connectivity index (χ4v) is 5.46. The topological polar surface area (TPSA) is 50.3 Å². The van der Waals surface area contributed by atoms with E-state index in [4.69, 9.17) is 0 Å². The first-order chi connectivity index (χ1) is 10.1. The molecule has 1 fully saturated rings. The van der Waals surface area contributed by atoms with Gasteiger partial charge in [0.05, 0.1) is 16.0 Å². The third-order valence-corrected chi connectivity index (χ3v) is 7.13. The molecular formula is C15H20N2O2S2. The van der Waals surface area contributed by atoms with Gasteiger partial charge in [-0.2, -0.15) is 0 Å². The maximum Gasteiger partial charge on any atom is 0.210 e. The molecule has 0 saturated carbocycles. The number of thiazole rings is 1. The quantitative estimate of drug-likeness (QED) is 0.845. The van der Waals surface area contributed by atoms with Gasteiger partial charge in [-0.05, 0) is 37.5 Å². The highest BCUT2D eigenvalue weighted by molar-refractivity contribution is 7.93. The third-order valence-electron chi connectivity index (χ3n) is 3.86. The molecule has 0 aliphatic carbocycles. The molecule has 1 aromatic carbocycles. The van der Waals surface area contributed by atoms with E-state index >= 15 is 0 Å². The van der Waals surface area contributed by atoms with Crippen molar-refractivity contribution in [2.45, 2.75) is 36.9 Å². The molecule has 1 aliphatic heterocycles. The molecule has 0 atom stereocenters. The first-order valence-corrected chi connectivity index (χ1v) is 9.95. The van der Waals surface area contributed by atoms with Gasteiger partial charge < -0.3 is 4.90 Å². The number of benzene rings is 1. The van der Waals surface area contributed by atoms with E-state index in [0.29, 0.717) is 6.42 Å². The molecule has 3 rings (SSSR count). The Bertz CT molecular complexity index is 731. The van der Waals surface area contributed by atoms with Crippen molar-refractivity contribution < 1.29 is 8.42 Å². The van der Waals surface area contributed by atoms with E-state index in [1.165, 1.54) is 29.9 Å². The summed E-state index contributed by atoms with van der Waals surface area (Å²) in [5.74, 6) is 0.197. The number of fused-ring (bicyclic) bond motifs is 1. The van der Waals surface area contributed by atoms with Gasteiger partial charge in [-0.3, -0.25) is 0 Å². The number of sulfone groups is 1. The minimum absolute atomic E-state index is 0.197. The Morgan fingerprint density at radius 2 is 2.05 bits per heavy atom. The minimum atomic E-state index is -3.22. The molecule has 114 valence electrons. The van der Waals surface area contributed by atoms with Crippen molar-refractivity contribution in [3.63, 3.8) is 0 Å². The van der Waals surface area contributed by atoms with Crippen LogP contribution in [0.3, 0.4) is 0 Å². The van der Waals surface area contributed by atoms with Gasteiger partial charge in [0.1, 0.15) is 0 Å². The van der Waals surface area contributed by atoms with Gasteiger partial charge in [-0.15, -0.1) is 11.3 Å². The first kappa shape index (κ1) is 14.8. The van der Waals surface area contributed by atoms with Crippen LogP contribution in [0.1, 0.15) is 32.6 Å². The van der Waals surface area contributed by atoms with Crippen LogP contribution in [0.4, 0.5) is 5.69 Å². The fraction of sp³-hybridized carbons (Fsp3) is 0.533. The summed E-state index contributed by atoms with van der Waals surface area (Å²) in [4.78, 5) is 6.67. The fourth-order valence-electron chi connectivity index (χ4n) is 2.62. The molecule has 0 unspecified atom stereocenters. The van der Waals surface area contributed by atoms with Crippen LogP contribution < -0.4 is 4.90 Å². The molecule has 1 aliphatic rings. The summed E-state index contributed by atoms with van der Waals surface area (Å²) in [6, 6.07) is 6.07. The van der Waals surface area contributed by atoms with E-state index in [0.717, 1.165) is 29.7 Å². The van der Waals surface area contributed by atoms with Crippen molar-refractivity contribution in [3.05, 3.63) is 18.2 Å². The van der Waals surface area contributed by atoms with Crippen molar-refractivity contribution in [3.8, 4) is 0 Å². The second-order valence-electron chi connectivity index (χ2n) is 5.50. The standard InChI is InChI=1S/C15H20N2O2S2/c1-2-3-10-21(18,19)15-16-13-7-6-12(11-14(13)20-15)17-8-4-5-9-17/h6-7,11H,2-5,8-10H2,1H3. The number of hydrogen-bond acceptors (Lipinski definition) is 5. The van der Waals surface area contributed by atoms with Gasteiger partial charge in [0, 0.05) is 18.8 Å². The van der Waals surface area contributed by atoms with Gasteiger partial charge >= 0.3 is 0 Å². The van der Waals surface area contributed by atoms with Crippen LogP contribution in [0.5, 0.6) is 0 Å². The lowest BCUT2D eigenvalue weighted by Gasteiger charge is -2.16. The smallest absolute Gasteiger partial charge is 0.210 e. The van der Waals surface area contributed by atoms with Gasteiger partial charge in [-0.25, -0.2) is 13.4 Å². The number of anilines is 1. The highest BCUT2D eigenvalue weighted by Crippen LogP contribution is 2.31. The van der Waals surface area contributed by atoms with Gasteiger partial charge in [0.15, 0.2) is 0 Å². The molecule has 0 bridgehead atoms. The Morgan fingerprint density at radius 3 is 2.76 bits per heavy atom. The minimum Gasteiger partial charge on any atom is -0.371 e. The maximum absolute atomic E-state index is 12.2. The van der Waals surface area contributed by atoms with Crippen molar-refractivity contribution in [1.82, 2.24) is 4.98 Å². The summed E-state index contributed by atoms with van der Waals surface area (Å²) in [7, 11) is -3.22. The molecule has 1 aromatic heterocycles. The average molecular weight is 324 g/mol. The monoisotopic (exact) mass is 324 g/mol. The number of unbranched alkanes of at least 4 members (excludes halogenated alkanes) is 1. The Morgan fingerprint density at radius 1 is 1.29 bits per heavy atom. The molecule has 1 saturated heterocycles. The Kier molecular flexibility index (Phi) is 4.17. The number of hydrogen-bond donors (Lipinski definition) is 0. The summed E-state index contributed by atoms with van der Waals surface area (Å²) in [6.45, 7) is 4.17. The van der Waals surface area contributed by atoms with Crippen LogP contribution in [-0.2, 0) is 9.84 Å². The molecule has 21 heavy (non-hydrogen) atoms. The average Bonchev–Trinajstić information content (AvgIpc) is 3.13.